The van der Waals surface area contributed by atoms with Gasteiger partial charge in [0.25, 0.3) is 0 Å². The fourth-order valence-electron chi connectivity index (χ4n) is 2.93. The van der Waals surface area contributed by atoms with Crippen molar-refractivity contribution in [3.8, 4) is 18.1 Å². The topological polar surface area (TPSA) is 84.5 Å². The van der Waals surface area contributed by atoms with E-state index in [0.29, 0.717) is 35.5 Å². The monoisotopic (exact) mass is 426 g/mol. The maximum atomic E-state index is 12.6. The van der Waals surface area contributed by atoms with Crippen molar-refractivity contribution in [3.05, 3.63) is 95.6 Å². The second kappa shape index (κ2) is 11.1. The van der Waals surface area contributed by atoms with Crippen LogP contribution in [0.3, 0.4) is 0 Å². The maximum absolute atomic E-state index is 12.6. The predicted octanol–water partition coefficient (Wildman–Crippen LogP) is 3.23. The summed E-state index contributed by atoms with van der Waals surface area (Å²) in [6, 6.07) is 22.7. The number of ketones is 1. The summed E-state index contributed by atoms with van der Waals surface area (Å²) in [5.41, 5.74) is 2.44. The molecule has 6 nitrogen and oxygen atoms in total. The highest BCUT2D eigenvalue weighted by Gasteiger charge is 2.14. The Morgan fingerprint density at radius 2 is 1.44 bits per heavy atom. The first-order chi connectivity index (χ1) is 15.6. The molecule has 3 aromatic carbocycles. The Balaban J connectivity index is 1.51. The summed E-state index contributed by atoms with van der Waals surface area (Å²) in [5.74, 6) is 1.31. The molecule has 0 unspecified atom stereocenters. The van der Waals surface area contributed by atoms with Gasteiger partial charge in [-0.05, 0) is 60.5 Å². The molecule has 0 saturated heterocycles. The van der Waals surface area contributed by atoms with E-state index in [1.165, 1.54) is 0 Å². The van der Waals surface area contributed by atoms with Gasteiger partial charge in [0.1, 0.15) is 12.4 Å². The third-order valence-corrected chi connectivity index (χ3v) is 4.59. The highest BCUT2D eigenvalue weighted by Crippen LogP contribution is 2.17. The zero-order valence-corrected chi connectivity index (χ0v) is 17.3. The maximum Gasteiger partial charge on any atom is 0.313 e. The van der Waals surface area contributed by atoms with E-state index in [-0.39, 0.29) is 12.4 Å². The van der Waals surface area contributed by atoms with E-state index in [1.807, 2.05) is 30.3 Å². The molecule has 0 bridgehead atoms. The van der Waals surface area contributed by atoms with Crippen molar-refractivity contribution in [1.29, 1.82) is 0 Å². The van der Waals surface area contributed by atoms with Gasteiger partial charge in [-0.15, -0.1) is 6.42 Å². The Bertz CT molecular complexity index is 1120. The van der Waals surface area contributed by atoms with E-state index in [4.69, 9.17) is 11.2 Å². The van der Waals surface area contributed by atoms with Crippen molar-refractivity contribution in [1.82, 2.24) is 5.32 Å². The second-order valence-corrected chi connectivity index (χ2v) is 6.87. The van der Waals surface area contributed by atoms with Crippen LogP contribution in [0.25, 0.3) is 0 Å². The molecule has 0 radical (unpaired) electrons. The number of hydrogen-bond acceptors (Lipinski definition) is 4. The molecule has 0 atom stereocenters. The van der Waals surface area contributed by atoms with Crippen molar-refractivity contribution < 1.29 is 19.1 Å². The summed E-state index contributed by atoms with van der Waals surface area (Å²) in [6.07, 6.45) is 5.79. The van der Waals surface area contributed by atoms with Crippen molar-refractivity contribution in [2.45, 2.75) is 6.42 Å². The predicted molar refractivity (Wildman–Crippen MR) is 122 cm³/mol. The summed E-state index contributed by atoms with van der Waals surface area (Å²) in [6.45, 7) is 0.516. The molecule has 0 aliphatic heterocycles. The minimum atomic E-state index is -0.764. The normalized spacial score (nSPS) is 9.97. The van der Waals surface area contributed by atoms with Gasteiger partial charge in [0.05, 0.1) is 0 Å². The van der Waals surface area contributed by atoms with Crippen molar-refractivity contribution in [3.63, 3.8) is 0 Å². The van der Waals surface area contributed by atoms with E-state index in [9.17, 15) is 14.4 Å². The van der Waals surface area contributed by atoms with Crippen molar-refractivity contribution >= 4 is 23.3 Å². The molecule has 0 saturated carbocycles. The SMILES string of the molecule is C#CCOc1ccc(C(=O)c2ccc(NC(=O)C(=O)NCCc3ccccc3)cc2)cc1. The molecule has 0 aromatic heterocycles. The van der Waals surface area contributed by atoms with Crippen LogP contribution in [0.1, 0.15) is 21.5 Å². The molecule has 0 aliphatic carbocycles. The van der Waals surface area contributed by atoms with Gasteiger partial charge in [-0.3, -0.25) is 14.4 Å². The van der Waals surface area contributed by atoms with Crippen molar-refractivity contribution in [2.24, 2.45) is 0 Å². The molecule has 3 rings (SSSR count). The van der Waals surface area contributed by atoms with Gasteiger partial charge in [0.15, 0.2) is 5.78 Å². The number of carbonyl (C=O) groups is 3. The Labute approximate surface area is 186 Å². The van der Waals surface area contributed by atoms with Gasteiger partial charge < -0.3 is 15.4 Å². The molecule has 160 valence electrons. The average molecular weight is 426 g/mol. The molecule has 6 heteroatoms. The lowest BCUT2D eigenvalue weighted by Crippen LogP contribution is -2.36. The smallest absolute Gasteiger partial charge is 0.313 e. The lowest BCUT2D eigenvalue weighted by molar-refractivity contribution is -0.136. The zero-order chi connectivity index (χ0) is 22.8. The number of ether oxygens (including phenoxy) is 1. The molecular formula is C26H22N2O4. The summed E-state index contributed by atoms with van der Waals surface area (Å²) in [4.78, 5) is 36.7. The van der Waals surface area contributed by atoms with Gasteiger partial charge in [0.2, 0.25) is 0 Å². The summed E-state index contributed by atoms with van der Waals surface area (Å²) in [5, 5.41) is 5.12. The van der Waals surface area contributed by atoms with Crippen LogP contribution in [0.15, 0.2) is 78.9 Å². The second-order valence-electron chi connectivity index (χ2n) is 6.87. The molecule has 0 spiro atoms. The Kier molecular flexibility index (Phi) is 7.77. The lowest BCUT2D eigenvalue weighted by Gasteiger charge is -2.08. The molecule has 0 heterocycles. The lowest BCUT2D eigenvalue weighted by atomic mass is 10.0. The molecular weight excluding hydrogens is 404 g/mol. The third kappa shape index (κ3) is 6.31. The summed E-state index contributed by atoms with van der Waals surface area (Å²) < 4.78 is 5.29. The van der Waals surface area contributed by atoms with Crippen LogP contribution in [0.5, 0.6) is 5.75 Å². The van der Waals surface area contributed by atoms with Crippen molar-refractivity contribution in [2.75, 3.05) is 18.5 Å². The van der Waals surface area contributed by atoms with E-state index >= 15 is 0 Å². The molecule has 32 heavy (non-hydrogen) atoms. The molecule has 0 fully saturated rings. The highest BCUT2D eigenvalue weighted by molar-refractivity contribution is 6.39. The quantitative estimate of drug-likeness (QED) is 0.329. The van der Waals surface area contributed by atoms with E-state index < -0.39 is 11.8 Å². The van der Waals surface area contributed by atoms with Gasteiger partial charge in [-0.1, -0.05) is 36.3 Å². The number of rotatable bonds is 8. The minimum Gasteiger partial charge on any atom is -0.481 e. The zero-order valence-electron chi connectivity index (χ0n) is 17.3. The van der Waals surface area contributed by atoms with Crippen LogP contribution in [0.2, 0.25) is 0 Å². The summed E-state index contributed by atoms with van der Waals surface area (Å²) in [7, 11) is 0. The van der Waals surface area contributed by atoms with Crippen LogP contribution in [0, 0.1) is 12.3 Å². The first-order valence-electron chi connectivity index (χ1n) is 10.0. The Morgan fingerprint density at radius 3 is 2.06 bits per heavy atom. The third-order valence-electron chi connectivity index (χ3n) is 4.59. The highest BCUT2D eigenvalue weighted by atomic mass is 16.5. The Hall–Kier alpha value is -4.37. The number of benzene rings is 3. The fraction of sp³-hybridized carbons (Fsp3) is 0.115. The van der Waals surface area contributed by atoms with Gasteiger partial charge in [-0.25, -0.2) is 0 Å². The van der Waals surface area contributed by atoms with Crippen LogP contribution in [0.4, 0.5) is 5.69 Å². The van der Waals surface area contributed by atoms with E-state index in [2.05, 4.69) is 16.6 Å². The largest absolute Gasteiger partial charge is 0.481 e. The number of amides is 2. The van der Waals surface area contributed by atoms with Crippen LogP contribution in [-0.2, 0) is 16.0 Å². The van der Waals surface area contributed by atoms with Crippen LogP contribution >= 0.6 is 0 Å². The van der Waals surface area contributed by atoms with Gasteiger partial charge in [0, 0.05) is 23.4 Å². The van der Waals surface area contributed by atoms with Crippen LogP contribution in [-0.4, -0.2) is 30.7 Å². The number of anilines is 1. The van der Waals surface area contributed by atoms with E-state index in [0.717, 1.165) is 5.56 Å². The average Bonchev–Trinajstić information content (AvgIpc) is 2.83. The Morgan fingerprint density at radius 1 is 0.812 bits per heavy atom. The number of terminal acetylenes is 1. The molecule has 0 aliphatic rings. The van der Waals surface area contributed by atoms with Gasteiger partial charge >= 0.3 is 11.8 Å². The standard InChI is InChI=1S/C26H22N2O4/c1-2-18-32-23-14-10-21(11-15-23)24(29)20-8-12-22(13-9-20)28-26(31)25(30)27-17-16-19-6-4-3-5-7-19/h1,3-15H,16-18H2,(H,27,30)(H,28,31). The number of carbonyl (C=O) groups excluding carboxylic acids is 3. The first-order valence-corrected chi connectivity index (χ1v) is 10.0. The molecule has 3 aromatic rings. The van der Waals surface area contributed by atoms with Gasteiger partial charge in [-0.2, -0.15) is 0 Å². The molecule has 2 amide bonds. The molecule has 2 N–H and O–H groups in total. The fourth-order valence-corrected chi connectivity index (χ4v) is 2.93. The number of nitrogens with one attached hydrogen (secondary N) is 2. The van der Waals surface area contributed by atoms with E-state index in [1.54, 1.807) is 48.5 Å². The minimum absolute atomic E-state index is 0.158. The summed E-state index contributed by atoms with van der Waals surface area (Å²) >= 11 is 0. The van der Waals surface area contributed by atoms with Crippen LogP contribution < -0.4 is 15.4 Å². The first kappa shape index (κ1) is 22.3. The number of hydrogen-bond donors (Lipinski definition) is 2.